The number of nitro groups is 2. The molecule has 3 aromatic rings. The second-order valence-corrected chi connectivity index (χ2v) is 6.68. The highest BCUT2D eigenvalue weighted by atomic mass is 19.2. The number of carbonyl (C=O) groups excluding carboxylic acids is 2. The molecule has 0 aliphatic carbocycles. The Bertz CT molecular complexity index is 1380. The second-order valence-electron chi connectivity index (χ2n) is 6.68. The molecule has 0 saturated carbocycles. The first-order valence-corrected chi connectivity index (χ1v) is 9.32. The maximum atomic E-state index is 13.7. The third-order valence-corrected chi connectivity index (χ3v) is 4.42. The summed E-state index contributed by atoms with van der Waals surface area (Å²) in [6.07, 6.45) is 0. The van der Waals surface area contributed by atoms with Gasteiger partial charge in [0.2, 0.25) is 17.4 Å². The molecule has 2 N–H and O–H groups in total. The lowest BCUT2D eigenvalue weighted by Crippen LogP contribution is -2.34. The van der Waals surface area contributed by atoms with Gasteiger partial charge in [0, 0.05) is 17.8 Å². The third kappa shape index (κ3) is 5.29. The fourth-order valence-electron chi connectivity index (χ4n) is 2.76. The van der Waals surface area contributed by atoms with E-state index >= 15 is 0 Å². The molecule has 35 heavy (non-hydrogen) atoms. The molecule has 2 aromatic carbocycles. The van der Waals surface area contributed by atoms with Gasteiger partial charge in [0.15, 0.2) is 5.82 Å². The van der Waals surface area contributed by atoms with Crippen LogP contribution in [-0.2, 0) is 0 Å². The van der Waals surface area contributed by atoms with E-state index in [1.807, 2.05) is 5.32 Å². The van der Waals surface area contributed by atoms with E-state index in [4.69, 9.17) is 4.74 Å². The van der Waals surface area contributed by atoms with Gasteiger partial charge in [0.1, 0.15) is 5.56 Å². The molecule has 3 amide bonds. The highest BCUT2D eigenvalue weighted by molar-refractivity contribution is 6.09. The lowest BCUT2D eigenvalue weighted by atomic mass is 10.1. The molecular weight excluding hydrogens is 479 g/mol. The summed E-state index contributed by atoms with van der Waals surface area (Å²) in [5, 5.41) is 26.4. The number of aromatic nitrogens is 1. The number of benzene rings is 2. The standard InChI is InChI=1S/C20H12F3N5O7/c1-9-15(21)16(22)17(23)25-19(9)35-14-7-6-10(8-13(14)28(33)34)24-20(30)26-18(29)11-4-2-3-5-12(11)27(31)32/h2-8H,1H3,(H2,24,26,29,30). The monoisotopic (exact) mass is 491 g/mol. The summed E-state index contributed by atoms with van der Waals surface area (Å²) in [7, 11) is 0. The average Bonchev–Trinajstić information content (AvgIpc) is 2.81. The van der Waals surface area contributed by atoms with E-state index in [1.54, 1.807) is 0 Å². The zero-order valence-corrected chi connectivity index (χ0v) is 17.4. The number of pyridine rings is 1. The zero-order chi connectivity index (χ0) is 25.9. The first kappa shape index (κ1) is 24.6. The number of ether oxygens (including phenoxy) is 1. The van der Waals surface area contributed by atoms with Crippen LogP contribution in [0.3, 0.4) is 0 Å². The molecule has 0 aliphatic rings. The smallest absolute Gasteiger partial charge is 0.326 e. The van der Waals surface area contributed by atoms with Crippen molar-refractivity contribution < 1.29 is 37.3 Å². The van der Waals surface area contributed by atoms with Gasteiger partial charge in [0.25, 0.3) is 17.5 Å². The normalized spacial score (nSPS) is 10.4. The van der Waals surface area contributed by atoms with Crippen LogP contribution in [0.4, 0.5) is 35.0 Å². The van der Waals surface area contributed by atoms with Crippen molar-refractivity contribution in [2.75, 3.05) is 5.32 Å². The number of halogens is 3. The van der Waals surface area contributed by atoms with E-state index in [0.29, 0.717) is 0 Å². The molecular formula is C20H12F3N5O7. The highest BCUT2D eigenvalue weighted by Gasteiger charge is 2.24. The summed E-state index contributed by atoms with van der Waals surface area (Å²) in [6.45, 7) is 1.01. The van der Waals surface area contributed by atoms with Crippen molar-refractivity contribution in [3.63, 3.8) is 0 Å². The van der Waals surface area contributed by atoms with Crippen LogP contribution in [0.2, 0.25) is 0 Å². The lowest BCUT2D eigenvalue weighted by Gasteiger charge is -2.11. The van der Waals surface area contributed by atoms with E-state index in [0.717, 1.165) is 37.3 Å². The molecule has 15 heteroatoms. The Morgan fingerprint density at radius 2 is 1.63 bits per heavy atom. The van der Waals surface area contributed by atoms with E-state index in [2.05, 4.69) is 10.3 Å². The van der Waals surface area contributed by atoms with E-state index in [9.17, 15) is 43.0 Å². The molecule has 0 aliphatic heterocycles. The minimum absolute atomic E-state index is 0.210. The number of hydrogen-bond acceptors (Lipinski definition) is 8. The molecule has 3 rings (SSSR count). The lowest BCUT2D eigenvalue weighted by molar-refractivity contribution is -0.385. The van der Waals surface area contributed by atoms with Crippen LogP contribution >= 0.6 is 0 Å². The third-order valence-electron chi connectivity index (χ3n) is 4.42. The van der Waals surface area contributed by atoms with Gasteiger partial charge in [-0.2, -0.15) is 13.8 Å². The van der Waals surface area contributed by atoms with Gasteiger partial charge in [-0.05, 0) is 25.1 Å². The van der Waals surface area contributed by atoms with E-state index < -0.39 is 73.5 Å². The summed E-state index contributed by atoms with van der Waals surface area (Å²) >= 11 is 0. The van der Waals surface area contributed by atoms with Gasteiger partial charge in [-0.15, -0.1) is 0 Å². The van der Waals surface area contributed by atoms with Gasteiger partial charge < -0.3 is 10.1 Å². The summed E-state index contributed by atoms with van der Waals surface area (Å²) in [5.41, 5.74) is -2.48. The molecule has 0 radical (unpaired) electrons. The summed E-state index contributed by atoms with van der Waals surface area (Å²) in [4.78, 5) is 48.2. The quantitative estimate of drug-likeness (QED) is 0.291. The number of carbonyl (C=O) groups is 2. The van der Waals surface area contributed by atoms with Crippen LogP contribution in [0.5, 0.6) is 11.6 Å². The Balaban J connectivity index is 1.81. The van der Waals surface area contributed by atoms with Crippen LogP contribution in [-0.4, -0.2) is 26.8 Å². The summed E-state index contributed by atoms with van der Waals surface area (Å²) < 4.78 is 45.5. The summed E-state index contributed by atoms with van der Waals surface area (Å²) in [5.74, 6) is -7.66. The number of nitrogens with zero attached hydrogens (tertiary/aromatic N) is 3. The van der Waals surface area contributed by atoms with Crippen LogP contribution in [0.25, 0.3) is 0 Å². The Morgan fingerprint density at radius 1 is 0.971 bits per heavy atom. The molecule has 0 fully saturated rings. The molecule has 0 bridgehead atoms. The number of urea groups is 1. The number of nitrogens with one attached hydrogen (secondary N) is 2. The van der Waals surface area contributed by atoms with Crippen LogP contribution in [0.1, 0.15) is 15.9 Å². The van der Waals surface area contributed by atoms with Gasteiger partial charge in [-0.3, -0.25) is 30.3 Å². The predicted molar refractivity (Wildman–Crippen MR) is 112 cm³/mol. The average molecular weight is 491 g/mol. The molecule has 0 spiro atoms. The van der Waals surface area contributed by atoms with Crippen molar-refractivity contribution in [2.24, 2.45) is 0 Å². The Labute approximate surface area is 192 Å². The minimum Gasteiger partial charge on any atom is -0.431 e. The Morgan fingerprint density at radius 3 is 2.29 bits per heavy atom. The summed E-state index contributed by atoms with van der Waals surface area (Å²) in [6, 6.07) is 6.52. The number of imide groups is 1. The molecule has 1 aromatic heterocycles. The number of nitro benzene ring substituents is 2. The molecule has 0 atom stereocenters. The first-order valence-electron chi connectivity index (χ1n) is 9.32. The van der Waals surface area contributed by atoms with Gasteiger partial charge in [-0.25, -0.2) is 9.18 Å². The number of amides is 3. The minimum atomic E-state index is -1.84. The van der Waals surface area contributed by atoms with Gasteiger partial charge in [-0.1, -0.05) is 12.1 Å². The number of anilines is 1. The largest absolute Gasteiger partial charge is 0.431 e. The van der Waals surface area contributed by atoms with Crippen molar-refractivity contribution in [3.05, 3.63) is 91.4 Å². The van der Waals surface area contributed by atoms with Crippen molar-refractivity contribution in [1.82, 2.24) is 10.3 Å². The van der Waals surface area contributed by atoms with Crippen molar-refractivity contribution >= 4 is 29.0 Å². The van der Waals surface area contributed by atoms with Crippen LogP contribution in [0, 0.1) is 44.7 Å². The zero-order valence-electron chi connectivity index (χ0n) is 17.4. The highest BCUT2D eigenvalue weighted by Crippen LogP contribution is 2.35. The molecule has 1 heterocycles. The molecule has 0 unspecified atom stereocenters. The van der Waals surface area contributed by atoms with E-state index in [1.165, 1.54) is 12.1 Å². The van der Waals surface area contributed by atoms with Crippen LogP contribution in [0.15, 0.2) is 42.5 Å². The number of rotatable bonds is 6. The number of hydrogen-bond donors (Lipinski definition) is 2. The van der Waals surface area contributed by atoms with E-state index in [-0.39, 0.29) is 5.69 Å². The van der Waals surface area contributed by atoms with Gasteiger partial charge in [0.05, 0.1) is 15.4 Å². The maximum Gasteiger partial charge on any atom is 0.326 e. The van der Waals surface area contributed by atoms with Crippen molar-refractivity contribution in [3.8, 4) is 11.6 Å². The fourth-order valence-corrected chi connectivity index (χ4v) is 2.76. The molecule has 180 valence electrons. The topological polar surface area (TPSA) is 167 Å². The predicted octanol–water partition coefficient (Wildman–Crippen LogP) is 4.38. The fraction of sp³-hybridized carbons (Fsp3) is 0.0500. The number of para-hydroxylation sites is 1. The molecule has 0 saturated heterocycles. The Hall–Kier alpha value is -5.08. The van der Waals surface area contributed by atoms with Gasteiger partial charge >= 0.3 is 11.7 Å². The van der Waals surface area contributed by atoms with Crippen molar-refractivity contribution in [2.45, 2.75) is 6.92 Å². The maximum absolute atomic E-state index is 13.7. The van der Waals surface area contributed by atoms with Crippen molar-refractivity contribution in [1.29, 1.82) is 0 Å². The first-order chi connectivity index (χ1) is 16.5. The Kier molecular flexibility index (Phi) is 6.89. The SMILES string of the molecule is Cc1c(Oc2ccc(NC(=O)NC(=O)c3ccccc3[N+](=O)[O-])cc2[N+](=O)[O-])nc(F)c(F)c1F. The molecule has 12 nitrogen and oxygen atoms in total. The van der Waals surface area contributed by atoms with Crippen LogP contribution < -0.4 is 15.4 Å². The second kappa shape index (κ2) is 9.82.